The number of thioether (sulfide) groups is 1. The van der Waals surface area contributed by atoms with Gasteiger partial charge < -0.3 is 5.11 Å². The van der Waals surface area contributed by atoms with Crippen LogP contribution in [0.2, 0.25) is 0 Å². The molecule has 0 spiro atoms. The highest BCUT2D eigenvalue weighted by Gasteiger charge is 2.21. The van der Waals surface area contributed by atoms with Crippen LogP contribution in [0.15, 0.2) is 30.3 Å². The minimum absolute atomic E-state index is 0.350. The van der Waals surface area contributed by atoms with Gasteiger partial charge in [-0.1, -0.05) is 37.3 Å². The van der Waals surface area contributed by atoms with Crippen LogP contribution < -0.4 is 0 Å². The third-order valence-electron chi connectivity index (χ3n) is 3.29. The molecule has 0 aromatic heterocycles. The molecule has 1 N–H and O–H groups in total. The standard InChI is InChI=1S/C14H21NOS/c1-2-13-10-15(8-9-17-13)11-14(16)12-6-4-3-5-7-12/h3-7,13-14,16H,2,8-11H2,1H3. The summed E-state index contributed by atoms with van der Waals surface area (Å²) in [5.41, 5.74) is 1.03. The van der Waals surface area contributed by atoms with Crippen molar-refractivity contribution in [3.05, 3.63) is 35.9 Å². The zero-order valence-electron chi connectivity index (χ0n) is 10.4. The van der Waals surface area contributed by atoms with Crippen molar-refractivity contribution in [2.45, 2.75) is 24.7 Å². The Bertz CT molecular complexity index is 330. The molecule has 1 heterocycles. The molecule has 0 radical (unpaired) electrons. The maximum absolute atomic E-state index is 10.2. The maximum atomic E-state index is 10.2. The molecule has 1 fully saturated rings. The Balaban J connectivity index is 1.88. The summed E-state index contributed by atoms with van der Waals surface area (Å²) in [4.78, 5) is 2.39. The van der Waals surface area contributed by atoms with Crippen LogP contribution >= 0.6 is 11.8 Å². The predicted octanol–water partition coefficient (Wildman–Crippen LogP) is 2.55. The molecule has 1 aliphatic rings. The molecule has 0 amide bonds. The highest BCUT2D eigenvalue weighted by molar-refractivity contribution is 8.00. The fourth-order valence-electron chi connectivity index (χ4n) is 2.22. The van der Waals surface area contributed by atoms with E-state index in [1.165, 1.54) is 12.2 Å². The normalized spacial score (nSPS) is 23.5. The zero-order valence-corrected chi connectivity index (χ0v) is 11.2. The topological polar surface area (TPSA) is 23.5 Å². The lowest BCUT2D eigenvalue weighted by Crippen LogP contribution is -2.39. The maximum Gasteiger partial charge on any atom is 0.0916 e. The van der Waals surface area contributed by atoms with Crippen LogP contribution in [0.25, 0.3) is 0 Å². The van der Waals surface area contributed by atoms with Crippen LogP contribution in [0.4, 0.5) is 0 Å². The molecule has 0 bridgehead atoms. The summed E-state index contributed by atoms with van der Waals surface area (Å²) >= 11 is 2.07. The Morgan fingerprint density at radius 2 is 2.18 bits per heavy atom. The lowest BCUT2D eigenvalue weighted by atomic mass is 10.1. The van der Waals surface area contributed by atoms with Crippen LogP contribution in [-0.4, -0.2) is 40.6 Å². The van der Waals surface area contributed by atoms with E-state index in [2.05, 4.69) is 23.6 Å². The number of aliphatic hydroxyl groups is 1. The van der Waals surface area contributed by atoms with E-state index < -0.39 is 0 Å². The second-order valence-corrected chi connectivity index (χ2v) is 6.00. The van der Waals surface area contributed by atoms with Gasteiger partial charge in [0, 0.05) is 30.6 Å². The van der Waals surface area contributed by atoms with Gasteiger partial charge in [-0.05, 0) is 12.0 Å². The molecule has 0 saturated carbocycles. The highest BCUT2D eigenvalue weighted by atomic mass is 32.2. The first-order valence-corrected chi connectivity index (χ1v) is 7.41. The molecule has 2 atom stereocenters. The molecule has 1 saturated heterocycles. The molecule has 1 aliphatic heterocycles. The summed E-state index contributed by atoms with van der Waals surface area (Å²) in [5, 5.41) is 10.9. The summed E-state index contributed by atoms with van der Waals surface area (Å²) in [5.74, 6) is 1.19. The van der Waals surface area contributed by atoms with Crippen LogP contribution in [0.1, 0.15) is 25.0 Å². The number of benzene rings is 1. The summed E-state index contributed by atoms with van der Waals surface area (Å²) in [6.07, 6.45) is 0.875. The number of β-amino-alcohol motifs (C(OH)–C–C–N with tert-alkyl or cyclic N) is 1. The van der Waals surface area contributed by atoms with Crippen molar-refractivity contribution >= 4 is 11.8 Å². The largest absolute Gasteiger partial charge is 0.387 e. The number of rotatable bonds is 4. The van der Waals surface area contributed by atoms with E-state index in [9.17, 15) is 5.11 Å². The Hall–Kier alpha value is -0.510. The summed E-state index contributed by atoms with van der Waals surface area (Å²) in [6.45, 7) is 5.23. The Morgan fingerprint density at radius 1 is 1.41 bits per heavy atom. The monoisotopic (exact) mass is 251 g/mol. The van der Waals surface area contributed by atoms with Gasteiger partial charge in [-0.15, -0.1) is 0 Å². The van der Waals surface area contributed by atoms with Crippen molar-refractivity contribution in [2.75, 3.05) is 25.4 Å². The number of aliphatic hydroxyl groups excluding tert-OH is 1. The van der Waals surface area contributed by atoms with Gasteiger partial charge in [0.1, 0.15) is 0 Å². The molecular weight excluding hydrogens is 230 g/mol. The summed E-state index contributed by atoms with van der Waals surface area (Å²) in [7, 11) is 0. The molecule has 17 heavy (non-hydrogen) atoms. The fraction of sp³-hybridized carbons (Fsp3) is 0.571. The first-order valence-electron chi connectivity index (χ1n) is 6.36. The number of nitrogens with zero attached hydrogens (tertiary/aromatic N) is 1. The van der Waals surface area contributed by atoms with Crippen molar-refractivity contribution < 1.29 is 5.11 Å². The van der Waals surface area contributed by atoms with E-state index in [0.29, 0.717) is 0 Å². The first kappa shape index (κ1) is 12.9. The van der Waals surface area contributed by atoms with E-state index in [0.717, 1.165) is 30.4 Å². The third kappa shape index (κ3) is 3.73. The van der Waals surface area contributed by atoms with Gasteiger partial charge in [0.05, 0.1) is 6.10 Å². The van der Waals surface area contributed by atoms with Crippen LogP contribution in [-0.2, 0) is 0 Å². The van der Waals surface area contributed by atoms with E-state index >= 15 is 0 Å². The molecule has 3 heteroatoms. The average Bonchev–Trinajstić information content (AvgIpc) is 2.40. The number of hydrogen-bond acceptors (Lipinski definition) is 3. The van der Waals surface area contributed by atoms with Crippen LogP contribution in [0.5, 0.6) is 0 Å². The molecule has 2 rings (SSSR count). The van der Waals surface area contributed by atoms with E-state index in [-0.39, 0.29) is 6.10 Å². The van der Waals surface area contributed by atoms with Gasteiger partial charge in [-0.25, -0.2) is 0 Å². The zero-order chi connectivity index (χ0) is 12.1. The van der Waals surface area contributed by atoms with Gasteiger partial charge in [-0.2, -0.15) is 11.8 Å². The summed E-state index contributed by atoms with van der Waals surface area (Å²) < 4.78 is 0. The van der Waals surface area contributed by atoms with Crippen molar-refractivity contribution in [2.24, 2.45) is 0 Å². The molecule has 1 aromatic carbocycles. The average molecular weight is 251 g/mol. The first-order chi connectivity index (χ1) is 8.29. The molecule has 2 nitrogen and oxygen atoms in total. The van der Waals surface area contributed by atoms with Gasteiger partial charge in [0.25, 0.3) is 0 Å². The van der Waals surface area contributed by atoms with Gasteiger partial charge in [0.2, 0.25) is 0 Å². The molecular formula is C14H21NOS. The third-order valence-corrected chi connectivity index (χ3v) is 4.67. The van der Waals surface area contributed by atoms with Gasteiger partial charge in [-0.3, -0.25) is 4.90 Å². The lowest BCUT2D eigenvalue weighted by Gasteiger charge is -2.33. The van der Waals surface area contributed by atoms with Crippen molar-refractivity contribution in [1.82, 2.24) is 4.90 Å². The Labute approximate surface area is 108 Å². The van der Waals surface area contributed by atoms with Gasteiger partial charge >= 0.3 is 0 Å². The summed E-state index contributed by atoms with van der Waals surface area (Å²) in [6, 6.07) is 9.96. The minimum Gasteiger partial charge on any atom is -0.387 e. The van der Waals surface area contributed by atoms with E-state index in [1.54, 1.807) is 0 Å². The van der Waals surface area contributed by atoms with Gasteiger partial charge in [0.15, 0.2) is 0 Å². The molecule has 2 unspecified atom stereocenters. The molecule has 1 aromatic rings. The second kappa shape index (κ2) is 6.43. The SMILES string of the molecule is CCC1CN(CC(O)c2ccccc2)CCS1. The smallest absolute Gasteiger partial charge is 0.0916 e. The minimum atomic E-state index is -0.350. The molecule has 94 valence electrons. The molecule has 0 aliphatic carbocycles. The van der Waals surface area contributed by atoms with Crippen molar-refractivity contribution in [3.63, 3.8) is 0 Å². The van der Waals surface area contributed by atoms with Crippen molar-refractivity contribution in [1.29, 1.82) is 0 Å². The second-order valence-electron chi connectivity index (χ2n) is 4.59. The Morgan fingerprint density at radius 3 is 2.88 bits per heavy atom. The lowest BCUT2D eigenvalue weighted by molar-refractivity contribution is 0.115. The Kier molecular flexibility index (Phi) is 4.89. The fourth-order valence-corrected chi connectivity index (χ4v) is 3.47. The number of hydrogen-bond donors (Lipinski definition) is 1. The quantitative estimate of drug-likeness (QED) is 0.889. The van der Waals surface area contributed by atoms with E-state index in [4.69, 9.17) is 0 Å². The van der Waals surface area contributed by atoms with Crippen LogP contribution in [0.3, 0.4) is 0 Å². The van der Waals surface area contributed by atoms with E-state index in [1.807, 2.05) is 30.3 Å². The van der Waals surface area contributed by atoms with Crippen molar-refractivity contribution in [3.8, 4) is 0 Å². The highest BCUT2D eigenvalue weighted by Crippen LogP contribution is 2.23. The van der Waals surface area contributed by atoms with Crippen LogP contribution in [0, 0.1) is 0 Å². The predicted molar refractivity (Wildman–Crippen MR) is 74.4 cm³/mol.